The van der Waals surface area contributed by atoms with E-state index < -0.39 is 0 Å². The van der Waals surface area contributed by atoms with Gasteiger partial charge in [-0.25, -0.2) is 0 Å². The van der Waals surface area contributed by atoms with E-state index in [9.17, 15) is 9.59 Å². The van der Waals surface area contributed by atoms with Crippen molar-refractivity contribution >= 4 is 23.0 Å². The normalized spacial score (nSPS) is 16.8. The Morgan fingerprint density at radius 2 is 2.10 bits per heavy atom. The highest BCUT2D eigenvalue weighted by Crippen LogP contribution is 2.13. The van der Waals surface area contributed by atoms with Crippen LogP contribution in [0, 0.1) is 0 Å². The number of ketones is 1. The van der Waals surface area contributed by atoms with E-state index in [4.69, 9.17) is 0 Å². The van der Waals surface area contributed by atoms with E-state index in [0.29, 0.717) is 31.8 Å². The van der Waals surface area contributed by atoms with Crippen molar-refractivity contribution in [2.24, 2.45) is 0 Å². The summed E-state index contributed by atoms with van der Waals surface area (Å²) in [5.41, 5.74) is 0. The lowest BCUT2D eigenvalue weighted by Gasteiger charge is -2.23. The molecule has 0 radical (unpaired) electrons. The molecule has 0 aromatic carbocycles. The quantitative estimate of drug-likeness (QED) is 0.751. The molecule has 2 rings (SSSR count). The second-order valence-corrected chi connectivity index (χ2v) is 6.60. The number of hydrogen-bond acceptors (Lipinski definition) is 4. The predicted octanol–water partition coefficient (Wildman–Crippen LogP) is 2.70. The number of nitrogens with one attached hydrogen (secondary N) is 1. The number of rotatable bonds is 8. The molecule has 1 amide bonds. The van der Waals surface area contributed by atoms with Crippen molar-refractivity contribution in [1.82, 2.24) is 10.2 Å². The molecule has 0 spiro atoms. The van der Waals surface area contributed by atoms with Gasteiger partial charge in [-0.15, -0.1) is 11.3 Å². The highest BCUT2D eigenvalue weighted by molar-refractivity contribution is 7.12. The molecule has 0 aliphatic carbocycles. The van der Waals surface area contributed by atoms with Crippen LogP contribution in [0.3, 0.4) is 0 Å². The van der Waals surface area contributed by atoms with E-state index in [1.54, 1.807) is 0 Å². The maximum absolute atomic E-state index is 11.8. The lowest BCUT2D eigenvalue weighted by molar-refractivity contribution is -0.121. The molecule has 1 aliphatic heterocycles. The topological polar surface area (TPSA) is 49.4 Å². The van der Waals surface area contributed by atoms with Crippen LogP contribution in [-0.4, -0.2) is 42.3 Å². The van der Waals surface area contributed by atoms with Crippen molar-refractivity contribution in [3.05, 3.63) is 22.4 Å². The Bertz CT molecular complexity index is 453. The van der Waals surface area contributed by atoms with Crippen LogP contribution in [0.4, 0.5) is 0 Å². The maximum atomic E-state index is 11.8. The first-order valence-corrected chi connectivity index (χ1v) is 8.62. The summed E-state index contributed by atoms with van der Waals surface area (Å²) in [6, 6.07) is 4.12. The first-order valence-electron chi connectivity index (χ1n) is 7.74. The van der Waals surface area contributed by atoms with Crippen LogP contribution in [0.1, 0.15) is 48.7 Å². The molecule has 5 heteroatoms. The van der Waals surface area contributed by atoms with Crippen LogP contribution in [0.15, 0.2) is 17.5 Å². The fourth-order valence-electron chi connectivity index (χ4n) is 2.63. The van der Waals surface area contributed by atoms with Gasteiger partial charge in [0, 0.05) is 25.4 Å². The van der Waals surface area contributed by atoms with Gasteiger partial charge in [0.05, 0.1) is 4.88 Å². The molecule has 1 aliphatic rings. The predicted molar refractivity (Wildman–Crippen MR) is 85.8 cm³/mol. The molecular weight excluding hydrogens is 284 g/mol. The fourth-order valence-corrected chi connectivity index (χ4v) is 3.33. The number of likely N-dealkylation sites (tertiary alicyclic amines) is 1. The summed E-state index contributed by atoms with van der Waals surface area (Å²) in [5.74, 6) is 0.197. The van der Waals surface area contributed by atoms with Crippen molar-refractivity contribution in [3.8, 4) is 0 Å². The van der Waals surface area contributed by atoms with Gasteiger partial charge in [-0.1, -0.05) is 6.07 Å². The standard InChI is InChI=1S/C16H24N2O2S/c1-13(18-9-2-3-10-18)12-17-16(20)8-4-6-14(19)15-7-5-11-21-15/h5,7,11,13H,2-4,6,8-10,12H2,1H3,(H,17,20). The lowest BCUT2D eigenvalue weighted by Crippen LogP contribution is -2.40. The second-order valence-electron chi connectivity index (χ2n) is 5.65. The molecule has 1 aromatic heterocycles. The Morgan fingerprint density at radius 1 is 1.33 bits per heavy atom. The highest BCUT2D eigenvalue weighted by atomic mass is 32.1. The van der Waals surface area contributed by atoms with Gasteiger partial charge in [-0.3, -0.25) is 14.5 Å². The number of hydrogen-bond donors (Lipinski definition) is 1. The van der Waals surface area contributed by atoms with E-state index in [1.807, 2.05) is 17.5 Å². The van der Waals surface area contributed by atoms with Gasteiger partial charge >= 0.3 is 0 Å². The fraction of sp³-hybridized carbons (Fsp3) is 0.625. The second kappa shape index (κ2) is 8.29. The molecule has 1 aromatic rings. The summed E-state index contributed by atoms with van der Waals surface area (Å²) in [7, 11) is 0. The van der Waals surface area contributed by atoms with Gasteiger partial charge in [0.15, 0.2) is 5.78 Å². The van der Waals surface area contributed by atoms with E-state index in [2.05, 4.69) is 17.1 Å². The zero-order chi connectivity index (χ0) is 15.1. The Labute approximate surface area is 130 Å². The maximum Gasteiger partial charge on any atom is 0.220 e. The monoisotopic (exact) mass is 308 g/mol. The first kappa shape index (κ1) is 16.2. The number of Topliss-reactive ketones (excluding diaryl/α,β-unsaturated/α-hetero) is 1. The summed E-state index contributed by atoms with van der Waals surface area (Å²) in [5, 5.41) is 4.88. The van der Waals surface area contributed by atoms with Gasteiger partial charge in [0.25, 0.3) is 0 Å². The van der Waals surface area contributed by atoms with E-state index in [1.165, 1.54) is 24.2 Å². The zero-order valence-corrected chi connectivity index (χ0v) is 13.5. The van der Waals surface area contributed by atoms with Crippen molar-refractivity contribution < 1.29 is 9.59 Å². The molecule has 1 unspecified atom stereocenters. The third-order valence-electron chi connectivity index (χ3n) is 3.96. The van der Waals surface area contributed by atoms with Gasteiger partial charge in [-0.2, -0.15) is 0 Å². The van der Waals surface area contributed by atoms with E-state index >= 15 is 0 Å². The third kappa shape index (κ3) is 5.25. The highest BCUT2D eigenvalue weighted by Gasteiger charge is 2.18. The molecule has 1 N–H and O–H groups in total. The molecule has 4 nitrogen and oxygen atoms in total. The Hall–Kier alpha value is -1.20. The van der Waals surface area contributed by atoms with Crippen molar-refractivity contribution in [1.29, 1.82) is 0 Å². The average Bonchev–Trinajstić information content (AvgIpc) is 3.16. The van der Waals surface area contributed by atoms with Gasteiger partial charge in [0.1, 0.15) is 0 Å². The van der Waals surface area contributed by atoms with E-state index in [-0.39, 0.29) is 11.7 Å². The van der Waals surface area contributed by atoms with Crippen molar-refractivity contribution in [2.45, 2.75) is 45.1 Å². The molecule has 116 valence electrons. The molecular formula is C16H24N2O2S. The summed E-state index contributed by atoms with van der Waals surface area (Å²) in [6.45, 7) is 5.16. The van der Waals surface area contributed by atoms with Gasteiger partial charge in [0.2, 0.25) is 5.91 Å². The Morgan fingerprint density at radius 3 is 2.76 bits per heavy atom. The molecule has 0 saturated carbocycles. The molecule has 1 atom stereocenters. The molecule has 2 heterocycles. The van der Waals surface area contributed by atoms with Crippen LogP contribution < -0.4 is 5.32 Å². The van der Waals surface area contributed by atoms with Crippen LogP contribution >= 0.6 is 11.3 Å². The van der Waals surface area contributed by atoms with Crippen LogP contribution in [-0.2, 0) is 4.79 Å². The van der Waals surface area contributed by atoms with Crippen LogP contribution in [0.2, 0.25) is 0 Å². The summed E-state index contributed by atoms with van der Waals surface area (Å²) in [4.78, 5) is 26.8. The number of amides is 1. The average molecular weight is 308 g/mol. The third-order valence-corrected chi connectivity index (χ3v) is 4.87. The summed E-state index contributed by atoms with van der Waals surface area (Å²) < 4.78 is 0. The summed E-state index contributed by atoms with van der Waals surface area (Å²) in [6.07, 6.45) is 4.05. The van der Waals surface area contributed by atoms with Crippen LogP contribution in [0.5, 0.6) is 0 Å². The molecule has 0 bridgehead atoms. The SMILES string of the molecule is CC(CNC(=O)CCCC(=O)c1cccs1)N1CCCC1. The minimum atomic E-state index is 0.0556. The number of thiophene rings is 1. The molecule has 1 saturated heterocycles. The number of carbonyl (C=O) groups excluding carboxylic acids is 2. The zero-order valence-electron chi connectivity index (χ0n) is 12.6. The van der Waals surface area contributed by atoms with E-state index in [0.717, 1.165) is 18.0 Å². The first-order chi connectivity index (χ1) is 10.2. The minimum Gasteiger partial charge on any atom is -0.355 e. The smallest absolute Gasteiger partial charge is 0.220 e. The largest absolute Gasteiger partial charge is 0.355 e. The number of nitrogens with zero attached hydrogens (tertiary/aromatic N) is 1. The number of carbonyl (C=O) groups is 2. The van der Waals surface area contributed by atoms with Crippen molar-refractivity contribution in [2.75, 3.05) is 19.6 Å². The van der Waals surface area contributed by atoms with Crippen LogP contribution in [0.25, 0.3) is 0 Å². The molecule has 21 heavy (non-hydrogen) atoms. The van der Waals surface area contributed by atoms with Gasteiger partial charge in [-0.05, 0) is 50.7 Å². The van der Waals surface area contributed by atoms with Gasteiger partial charge < -0.3 is 5.32 Å². The Balaban J connectivity index is 1.58. The Kier molecular flexibility index (Phi) is 6.39. The summed E-state index contributed by atoms with van der Waals surface area (Å²) >= 11 is 1.46. The van der Waals surface area contributed by atoms with Crippen molar-refractivity contribution in [3.63, 3.8) is 0 Å². The lowest BCUT2D eigenvalue weighted by atomic mass is 10.1. The molecule has 1 fully saturated rings. The minimum absolute atomic E-state index is 0.0556.